The Bertz CT molecular complexity index is 507. The average Bonchev–Trinajstić information content (AvgIpc) is 2.37. The smallest absolute Gasteiger partial charge is 0.249 e. The van der Waals surface area contributed by atoms with E-state index in [2.05, 4.69) is 0 Å². The van der Waals surface area contributed by atoms with Crippen LogP contribution in [-0.2, 0) is 4.79 Å². The third kappa shape index (κ3) is 2.91. The van der Waals surface area contributed by atoms with Crippen LogP contribution in [0.15, 0.2) is 24.3 Å². The largest absolute Gasteiger partial charge is 0.385 e. The molecule has 1 amide bonds. The van der Waals surface area contributed by atoms with Crippen molar-refractivity contribution in [2.24, 2.45) is 5.73 Å². The number of carbonyl (C=O) groups is 2. The molecule has 0 saturated heterocycles. The average molecular weight is 248 g/mol. The number of amides is 1. The minimum absolute atomic E-state index is 0.0732. The van der Waals surface area contributed by atoms with Crippen LogP contribution in [0.3, 0.4) is 0 Å². The molecule has 94 valence electrons. The van der Waals surface area contributed by atoms with Gasteiger partial charge in [0.2, 0.25) is 5.91 Å². The number of hydrogen-bond donors (Lipinski definition) is 3. The standard InChI is InChI=1S/C12H12N2O4/c13-6-5-9(15)7-3-1-2-4-8(7)10(16)11(17)12(14)18/h1-4,10-11,16-17H,5H2,(H2,14,18). The first-order valence-electron chi connectivity index (χ1n) is 5.13. The molecule has 0 aliphatic rings. The van der Waals surface area contributed by atoms with Gasteiger partial charge in [0.15, 0.2) is 11.9 Å². The van der Waals surface area contributed by atoms with Crippen molar-refractivity contribution in [3.63, 3.8) is 0 Å². The summed E-state index contributed by atoms with van der Waals surface area (Å²) in [4.78, 5) is 22.4. The number of carbonyl (C=O) groups excluding carboxylic acids is 2. The zero-order valence-corrected chi connectivity index (χ0v) is 9.41. The van der Waals surface area contributed by atoms with Gasteiger partial charge in [-0.25, -0.2) is 0 Å². The lowest BCUT2D eigenvalue weighted by Crippen LogP contribution is -2.34. The Morgan fingerprint density at radius 1 is 1.33 bits per heavy atom. The van der Waals surface area contributed by atoms with E-state index >= 15 is 0 Å². The molecule has 0 aliphatic heterocycles. The van der Waals surface area contributed by atoms with Gasteiger partial charge in [-0.2, -0.15) is 5.26 Å². The molecule has 2 atom stereocenters. The molecule has 6 nitrogen and oxygen atoms in total. The molecular formula is C12H12N2O4. The number of primary amides is 1. The van der Waals surface area contributed by atoms with E-state index in [1.165, 1.54) is 18.2 Å². The number of aliphatic hydroxyl groups is 2. The van der Waals surface area contributed by atoms with Gasteiger partial charge < -0.3 is 15.9 Å². The number of nitriles is 1. The fourth-order valence-corrected chi connectivity index (χ4v) is 1.50. The van der Waals surface area contributed by atoms with Crippen LogP contribution >= 0.6 is 0 Å². The molecule has 0 spiro atoms. The summed E-state index contributed by atoms with van der Waals surface area (Å²) >= 11 is 0. The van der Waals surface area contributed by atoms with Crippen molar-refractivity contribution in [2.75, 3.05) is 0 Å². The van der Waals surface area contributed by atoms with Gasteiger partial charge in [-0.3, -0.25) is 9.59 Å². The van der Waals surface area contributed by atoms with Crippen LogP contribution in [0.1, 0.15) is 28.4 Å². The summed E-state index contributed by atoms with van der Waals surface area (Å²) in [5.41, 5.74) is 5.04. The highest BCUT2D eigenvalue weighted by Crippen LogP contribution is 2.22. The Morgan fingerprint density at radius 3 is 2.50 bits per heavy atom. The summed E-state index contributed by atoms with van der Waals surface area (Å²) in [6.07, 6.45) is -3.75. The van der Waals surface area contributed by atoms with Crippen molar-refractivity contribution in [3.05, 3.63) is 35.4 Å². The van der Waals surface area contributed by atoms with Gasteiger partial charge in [-0.05, 0) is 5.56 Å². The Labute approximate surface area is 103 Å². The fraction of sp³-hybridized carbons (Fsp3) is 0.250. The summed E-state index contributed by atoms with van der Waals surface area (Å²) in [5, 5.41) is 27.6. The van der Waals surface area contributed by atoms with Crippen LogP contribution in [0.2, 0.25) is 0 Å². The normalized spacial score (nSPS) is 13.4. The van der Waals surface area contributed by atoms with Crippen LogP contribution in [0.5, 0.6) is 0 Å². The van der Waals surface area contributed by atoms with Crippen molar-refractivity contribution in [3.8, 4) is 6.07 Å². The zero-order chi connectivity index (χ0) is 13.7. The molecule has 0 aromatic heterocycles. The second kappa shape index (κ2) is 5.91. The van der Waals surface area contributed by atoms with Crippen LogP contribution in [-0.4, -0.2) is 28.0 Å². The number of benzene rings is 1. The first kappa shape index (κ1) is 13.8. The van der Waals surface area contributed by atoms with E-state index in [-0.39, 0.29) is 17.5 Å². The maximum atomic E-state index is 11.6. The maximum absolute atomic E-state index is 11.6. The first-order valence-corrected chi connectivity index (χ1v) is 5.13. The molecule has 0 fully saturated rings. The number of nitrogens with two attached hydrogens (primary N) is 1. The Hall–Kier alpha value is -2.23. The fourth-order valence-electron chi connectivity index (χ4n) is 1.50. The summed E-state index contributed by atoms with van der Waals surface area (Å²) in [6.45, 7) is 0. The summed E-state index contributed by atoms with van der Waals surface area (Å²) < 4.78 is 0. The Balaban J connectivity index is 3.13. The molecule has 4 N–H and O–H groups in total. The van der Waals surface area contributed by atoms with E-state index in [0.717, 1.165) is 0 Å². The number of aliphatic hydroxyl groups excluding tert-OH is 2. The van der Waals surface area contributed by atoms with Gasteiger partial charge in [0.25, 0.3) is 0 Å². The lowest BCUT2D eigenvalue weighted by Gasteiger charge is -2.17. The van der Waals surface area contributed by atoms with Crippen molar-refractivity contribution >= 4 is 11.7 Å². The summed E-state index contributed by atoms with van der Waals surface area (Å²) in [7, 11) is 0. The molecular weight excluding hydrogens is 236 g/mol. The highest BCUT2D eigenvalue weighted by atomic mass is 16.3. The van der Waals surface area contributed by atoms with Crippen molar-refractivity contribution in [2.45, 2.75) is 18.6 Å². The Kier molecular flexibility index (Phi) is 4.54. The third-order valence-electron chi connectivity index (χ3n) is 2.41. The second-order valence-corrected chi connectivity index (χ2v) is 3.64. The highest BCUT2D eigenvalue weighted by molar-refractivity contribution is 5.99. The SMILES string of the molecule is N#CCC(=O)c1ccccc1C(O)C(O)C(N)=O. The molecule has 0 aliphatic carbocycles. The van der Waals surface area contributed by atoms with Crippen LogP contribution < -0.4 is 5.73 Å². The van der Waals surface area contributed by atoms with E-state index in [1.54, 1.807) is 12.1 Å². The van der Waals surface area contributed by atoms with Crippen molar-refractivity contribution < 1.29 is 19.8 Å². The number of rotatable bonds is 5. The molecule has 1 rings (SSSR count). The number of Topliss-reactive ketones (excluding diaryl/α,β-unsaturated/α-hetero) is 1. The number of ketones is 1. The summed E-state index contributed by atoms with van der Waals surface area (Å²) in [5.74, 6) is -1.59. The molecule has 0 heterocycles. The minimum Gasteiger partial charge on any atom is -0.385 e. The van der Waals surface area contributed by atoms with E-state index in [9.17, 15) is 19.8 Å². The van der Waals surface area contributed by atoms with Gasteiger partial charge in [0.1, 0.15) is 6.10 Å². The van der Waals surface area contributed by atoms with Gasteiger partial charge >= 0.3 is 0 Å². The monoisotopic (exact) mass is 248 g/mol. The number of nitrogens with zero attached hydrogens (tertiary/aromatic N) is 1. The van der Waals surface area contributed by atoms with E-state index in [0.29, 0.717) is 0 Å². The predicted octanol–water partition coefficient (Wildman–Crippen LogP) is -0.337. The zero-order valence-electron chi connectivity index (χ0n) is 9.41. The topological polar surface area (TPSA) is 124 Å². The Morgan fingerprint density at radius 2 is 1.94 bits per heavy atom. The quantitative estimate of drug-likeness (QED) is 0.615. The summed E-state index contributed by atoms with van der Waals surface area (Å²) in [6, 6.07) is 7.59. The molecule has 1 aromatic carbocycles. The second-order valence-electron chi connectivity index (χ2n) is 3.64. The van der Waals surface area contributed by atoms with Gasteiger partial charge in [-0.1, -0.05) is 24.3 Å². The first-order chi connectivity index (χ1) is 8.49. The molecule has 0 saturated carbocycles. The van der Waals surface area contributed by atoms with Crippen LogP contribution in [0.4, 0.5) is 0 Å². The van der Waals surface area contributed by atoms with Gasteiger partial charge in [0, 0.05) is 5.56 Å². The molecule has 0 bridgehead atoms. The molecule has 18 heavy (non-hydrogen) atoms. The van der Waals surface area contributed by atoms with Crippen molar-refractivity contribution in [1.29, 1.82) is 5.26 Å². The third-order valence-corrected chi connectivity index (χ3v) is 2.41. The molecule has 1 aromatic rings. The van der Waals surface area contributed by atoms with Crippen LogP contribution in [0.25, 0.3) is 0 Å². The van der Waals surface area contributed by atoms with E-state index in [1.807, 2.05) is 0 Å². The lowest BCUT2D eigenvalue weighted by atomic mass is 9.95. The molecule has 0 radical (unpaired) electrons. The predicted molar refractivity (Wildman–Crippen MR) is 61.2 cm³/mol. The molecule has 2 unspecified atom stereocenters. The minimum atomic E-state index is -1.80. The number of hydrogen-bond acceptors (Lipinski definition) is 5. The maximum Gasteiger partial charge on any atom is 0.249 e. The van der Waals surface area contributed by atoms with Gasteiger partial charge in [-0.15, -0.1) is 0 Å². The molecule has 6 heteroatoms. The van der Waals surface area contributed by atoms with E-state index < -0.39 is 23.9 Å². The van der Waals surface area contributed by atoms with Gasteiger partial charge in [0.05, 0.1) is 12.5 Å². The van der Waals surface area contributed by atoms with E-state index in [4.69, 9.17) is 11.0 Å². The van der Waals surface area contributed by atoms with Crippen molar-refractivity contribution in [1.82, 2.24) is 0 Å². The highest BCUT2D eigenvalue weighted by Gasteiger charge is 2.26. The van der Waals surface area contributed by atoms with Crippen LogP contribution in [0, 0.1) is 11.3 Å². The lowest BCUT2D eigenvalue weighted by molar-refractivity contribution is -0.132.